The van der Waals surface area contributed by atoms with E-state index in [9.17, 15) is 13.2 Å². The Morgan fingerprint density at radius 2 is 2.11 bits per heavy atom. The van der Waals surface area contributed by atoms with Crippen LogP contribution in [0, 0.1) is 0 Å². The zero-order chi connectivity index (χ0) is 19.9. The van der Waals surface area contributed by atoms with Crippen LogP contribution in [0.25, 0.3) is 5.69 Å². The van der Waals surface area contributed by atoms with Crippen molar-refractivity contribution in [2.24, 2.45) is 0 Å². The Hall–Kier alpha value is -2.23. The van der Waals surface area contributed by atoms with E-state index in [1.807, 2.05) is 11.8 Å². The highest BCUT2D eigenvalue weighted by atomic mass is 32.2. The predicted octanol–water partition coefficient (Wildman–Crippen LogP) is 1.65. The van der Waals surface area contributed by atoms with Crippen molar-refractivity contribution in [1.29, 1.82) is 0 Å². The zero-order valence-corrected chi connectivity index (χ0v) is 16.9. The van der Waals surface area contributed by atoms with Crippen molar-refractivity contribution in [2.75, 3.05) is 26.8 Å². The van der Waals surface area contributed by atoms with Gasteiger partial charge in [-0.25, -0.2) is 13.4 Å². The third-order valence-electron chi connectivity index (χ3n) is 5.50. The first-order valence-electron chi connectivity index (χ1n) is 9.41. The van der Waals surface area contributed by atoms with Crippen LogP contribution in [0.2, 0.25) is 0 Å². The molecule has 0 bridgehead atoms. The van der Waals surface area contributed by atoms with E-state index in [1.165, 1.54) is 11.4 Å². The number of para-hydroxylation sites is 1. The monoisotopic (exact) mass is 404 g/mol. The van der Waals surface area contributed by atoms with E-state index < -0.39 is 10.0 Å². The molecule has 1 saturated heterocycles. The van der Waals surface area contributed by atoms with Crippen molar-refractivity contribution < 1.29 is 17.9 Å². The molecule has 2 aromatic rings. The summed E-state index contributed by atoms with van der Waals surface area (Å²) in [6, 6.07) is 6.97. The lowest BCUT2D eigenvalue weighted by Gasteiger charge is -2.22. The molecule has 4 rings (SSSR count). The number of hydrogen-bond acceptors (Lipinski definition) is 5. The van der Waals surface area contributed by atoms with Crippen LogP contribution in [0.3, 0.4) is 0 Å². The molecule has 3 heterocycles. The van der Waals surface area contributed by atoms with Crippen LogP contribution in [-0.4, -0.2) is 65.9 Å². The van der Waals surface area contributed by atoms with Crippen molar-refractivity contribution in [2.45, 2.75) is 37.2 Å². The second kappa shape index (κ2) is 7.31. The average Bonchev–Trinajstić information content (AvgIpc) is 3.28. The van der Waals surface area contributed by atoms with Crippen LogP contribution < -0.4 is 0 Å². The van der Waals surface area contributed by atoms with Gasteiger partial charge in [0.05, 0.1) is 24.5 Å². The Balaban J connectivity index is 1.84. The smallest absolute Gasteiger partial charge is 0.274 e. The zero-order valence-electron chi connectivity index (χ0n) is 16.0. The van der Waals surface area contributed by atoms with Crippen molar-refractivity contribution >= 4 is 15.9 Å². The first kappa shape index (κ1) is 19.1. The minimum Gasteiger partial charge on any atom is -0.383 e. The molecule has 8 nitrogen and oxygen atoms in total. The van der Waals surface area contributed by atoms with Crippen molar-refractivity contribution in [1.82, 2.24) is 18.8 Å². The van der Waals surface area contributed by atoms with Crippen LogP contribution in [0.1, 0.15) is 35.9 Å². The number of sulfonamides is 1. The molecule has 0 aliphatic carbocycles. The number of hydrogen-bond donors (Lipinski definition) is 0. The maximum Gasteiger partial charge on any atom is 0.274 e. The van der Waals surface area contributed by atoms with Gasteiger partial charge in [-0.2, -0.15) is 4.31 Å². The molecule has 0 radical (unpaired) electrons. The summed E-state index contributed by atoms with van der Waals surface area (Å²) in [7, 11) is -2.19. The normalized spacial score (nSPS) is 21.2. The van der Waals surface area contributed by atoms with Gasteiger partial charge in [0.1, 0.15) is 11.2 Å². The van der Waals surface area contributed by atoms with E-state index in [-0.39, 0.29) is 36.5 Å². The molecule has 0 N–H and O–H groups in total. The number of benzene rings is 1. The molecule has 1 amide bonds. The highest BCUT2D eigenvalue weighted by molar-refractivity contribution is 7.89. The number of amides is 1. The fourth-order valence-corrected chi connectivity index (χ4v) is 5.51. The second-order valence-electron chi connectivity index (χ2n) is 7.20. The van der Waals surface area contributed by atoms with Gasteiger partial charge >= 0.3 is 0 Å². The molecule has 1 aromatic heterocycles. The maximum absolute atomic E-state index is 13.2. The number of rotatable bonds is 4. The largest absolute Gasteiger partial charge is 0.383 e. The Kier molecular flexibility index (Phi) is 4.98. The molecule has 150 valence electrons. The molecular weight excluding hydrogens is 380 g/mol. The van der Waals surface area contributed by atoms with Crippen LogP contribution in [0.4, 0.5) is 0 Å². The Morgan fingerprint density at radius 1 is 1.32 bits per heavy atom. The van der Waals surface area contributed by atoms with Crippen LogP contribution in [0.15, 0.2) is 35.5 Å². The van der Waals surface area contributed by atoms with Gasteiger partial charge in [0.2, 0.25) is 10.0 Å². The summed E-state index contributed by atoms with van der Waals surface area (Å²) in [5, 5.41) is 0. The molecule has 1 fully saturated rings. The first-order chi connectivity index (χ1) is 13.4. The van der Waals surface area contributed by atoms with E-state index in [4.69, 9.17) is 4.74 Å². The Labute approximate surface area is 164 Å². The third-order valence-corrected chi connectivity index (χ3v) is 7.39. The van der Waals surface area contributed by atoms with Crippen LogP contribution >= 0.6 is 0 Å². The summed E-state index contributed by atoms with van der Waals surface area (Å²) in [5.74, 6) is -0.137. The van der Waals surface area contributed by atoms with E-state index in [1.54, 1.807) is 35.2 Å². The molecule has 1 atom stereocenters. The summed E-state index contributed by atoms with van der Waals surface area (Å²) in [5.41, 5.74) is 1.43. The van der Waals surface area contributed by atoms with Crippen LogP contribution in [-0.2, 0) is 21.3 Å². The molecule has 1 unspecified atom stereocenters. The van der Waals surface area contributed by atoms with Gasteiger partial charge in [0.25, 0.3) is 5.91 Å². The summed E-state index contributed by atoms with van der Waals surface area (Å²) in [6.45, 7) is 3.27. The summed E-state index contributed by atoms with van der Waals surface area (Å²) < 4.78 is 34.7. The van der Waals surface area contributed by atoms with Crippen LogP contribution in [0.5, 0.6) is 0 Å². The predicted molar refractivity (Wildman–Crippen MR) is 103 cm³/mol. The standard InChI is InChI=1S/C19H24N4O4S/c1-14-6-5-9-22(14)19(24)18-16-12-21(10-11-27-2)28(25,26)17-8-4-3-7-15(17)23(16)13-20-18/h3-4,7-8,13-14H,5-6,9-12H2,1-2H3. The van der Waals surface area contributed by atoms with Gasteiger partial charge in [0, 0.05) is 26.2 Å². The van der Waals surface area contributed by atoms with Gasteiger partial charge in [-0.05, 0) is 31.9 Å². The van der Waals surface area contributed by atoms with Crippen molar-refractivity contribution in [3.63, 3.8) is 0 Å². The van der Waals surface area contributed by atoms with E-state index in [2.05, 4.69) is 4.98 Å². The number of carbonyl (C=O) groups excluding carboxylic acids is 1. The number of aromatic nitrogens is 2. The lowest BCUT2D eigenvalue weighted by atomic mass is 10.2. The molecule has 0 saturated carbocycles. The number of methoxy groups -OCH3 is 1. The molecule has 2 aliphatic rings. The van der Waals surface area contributed by atoms with Gasteiger partial charge in [-0.15, -0.1) is 0 Å². The topological polar surface area (TPSA) is 84.7 Å². The molecule has 2 aliphatic heterocycles. The molecule has 1 aromatic carbocycles. The Morgan fingerprint density at radius 3 is 2.82 bits per heavy atom. The Bertz CT molecular complexity index is 1000. The SMILES string of the molecule is COCCN1Cc2c(C(=O)N3CCCC3C)ncn2-c2ccccc2S1(=O)=O. The second-order valence-corrected chi connectivity index (χ2v) is 9.11. The molecule has 0 spiro atoms. The minimum atomic E-state index is -3.72. The van der Waals surface area contributed by atoms with Gasteiger partial charge in [-0.1, -0.05) is 12.1 Å². The summed E-state index contributed by atoms with van der Waals surface area (Å²) in [4.78, 5) is 19.6. The fraction of sp³-hybridized carbons (Fsp3) is 0.474. The lowest BCUT2D eigenvalue weighted by Crippen LogP contribution is -2.36. The maximum atomic E-state index is 13.2. The first-order valence-corrected chi connectivity index (χ1v) is 10.8. The number of ether oxygens (including phenoxy) is 1. The van der Waals surface area contributed by atoms with Gasteiger partial charge in [0.15, 0.2) is 5.69 Å². The fourth-order valence-electron chi connectivity index (χ4n) is 3.94. The minimum absolute atomic E-state index is 0.0731. The highest BCUT2D eigenvalue weighted by Gasteiger charge is 2.36. The molecular formula is C19H24N4O4S. The summed E-state index contributed by atoms with van der Waals surface area (Å²) >= 11 is 0. The number of likely N-dealkylation sites (tertiary alicyclic amines) is 1. The quantitative estimate of drug-likeness (QED) is 0.774. The summed E-state index contributed by atoms with van der Waals surface area (Å²) in [6.07, 6.45) is 3.50. The molecule has 9 heteroatoms. The highest BCUT2D eigenvalue weighted by Crippen LogP contribution is 2.32. The van der Waals surface area contributed by atoms with Crippen molar-refractivity contribution in [3.8, 4) is 5.69 Å². The third kappa shape index (κ3) is 3.03. The van der Waals surface area contributed by atoms with Gasteiger partial charge in [-0.3, -0.25) is 9.36 Å². The number of nitrogens with zero attached hydrogens (tertiary/aromatic N) is 4. The van der Waals surface area contributed by atoms with Crippen molar-refractivity contribution in [3.05, 3.63) is 42.0 Å². The number of carbonyl (C=O) groups is 1. The van der Waals surface area contributed by atoms with E-state index in [0.29, 0.717) is 23.6 Å². The van der Waals surface area contributed by atoms with E-state index >= 15 is 0 Å². The average molecular weight is 404 g/mol. The van der Waals surface area contributed by atoms with Gasteiger partial charge < -0.3 is 9.64 Å². The van der Waals surface area contributed by atoms with E-state index in [0.717, 1.165) is 12.8 Å². The lowest BCUT2D eigenvalue weighted by molar-refractivity contribution is 0.0740. The number of fused-ring (bicyclic) bond motifs is 3. The number of imidazole rings is 1. The molecule has 28 heavy (non-hydrogen) atoms.